The van der Waals surface area contributed by atoms with Crippen molar-refractivity contribution < 1.29 is 14.3 Å². The normalized spacial score (nSPS) is 11.1. The largest absolute Gasteiger partial charge is 0.444 e. The maximum Gasteiger partial charge on any atom is 0.307 e. The molecule has 1 heterocycles. The lowest BCUT2D eigenvalue weighted by molar-refractivity contribution is -0.147. The van der Waals surface area contributed by atoms with E-state index in [9.17, 15) is 9.59 Å². The summed E-state index contributed by atoms with van der Waals surface area (Å²) >= 11 is 0. The Bertz CT molecular complexity index is 750. The molecule has 0 aliphatic heterocycles. The van der Waals surface area contributed by atoms with Gasteiger partial charge >= 0.3 is 5.97 Å². The number of aldehydes is 1. The van der Waals surface area contributed by atoms with E-state index in [1.165, 1.54) is 70.6 Å². The maximum absolute atomic E-state index is 12.0. The van der Waals surface area contributed by atoms with E-state index in [1.54, 1.807) is 6.20 Å². The van der Waals surface area contributed by atoms with Crippen molar-refractivity contribution in [2.24, 2.45) is 0 Å². The summed E-state index contributed by atoms with van der Waals surface area (Å²) in [5.74, 6) is -0.163. The van der Waals surface area contributed by atoms with Crippen molar-refractivity contribution in [3.8, 4) is 0 Å². The second-order valence-corrected chi connectivity index (χ2v) is 8.33. The van der Waals surface area contributed by atoms with E-state index < -0.39 is 0 Å². The van der Waals surface area contributed by atoms with Gasteiger partial charge < -0.3 is 9.30 Å². The zero-order valence-electron chi connectivity index (χ0n) is 18.7. The van der Waals surface area contributed by atoms with Gasteiger partial charge in [0.1, 0.15) is 0 Å². The number of esters is 1. The number of carbonyl (C=O) groups excluding carboxylic acids is 2. The molecule has 0 fully saturated rings. The second-order valence-electron chi connectivity index (χ2n) is 8.33. The summed E-state index contributed by atoms with van der Waals surface area (Å²) in [6, 6.07) is 7.66. The molecule has 4 nitrogen and oxygen atoms in total. The number of nitrogens with zero attached hydrogens (tertiary/aromatic N) is 1. The zero-order chi connectivity index (χ0) is 21.4. The highest BCUT2D eigenvalue weighted by molar-refractivity contribution is 5.97. The van der Waals surface area contributed by atoms with Gasteiger partial charge in [-0.1, -0.05) is 102 Å². The lowest BCUT2D eigenvalue weighted by atomic mass is 10.0. The summed E-state index contributed by atoms with van der Waals surface area (Å²) in [4.78, 5) is 23.2. The van der Waals surface area contributed by atoms with Gasteiger partial charge in [-0.2, -0.15) is 0 Å². The third-order valence-electron chi connectivity index (χ3n) is 5.80. The molecule has 0 aliphatic rings. The predicted molar refractivity (Wildman–Crippen MR) is 124 cm³/mol. The Kier molecular flexibility index (Phi) is 11.9. The number of hydrogen-bond donors (Lipinski definition) is 0. The fraction of sp³-hybridized carbons (Fsp3) is 0.615. The van der Waals surface area contributed by atoms with Crippen molar-refractivity contribution in [1.82, 2.24) is 4.57 Å². The molecule has 2 rings (SSSR count). The lowest BCUT2D eigenvalue weighted by Gasteiger charge is -2.07. The van der Waals surface area contributed by atoms with Gasteiger partial charge in [0.15, 0.2) is 13.0 Å². The van der Waals surface area contributed by atoms with Gasteiger partial charge in [0.05, 0.1) is 5.52 Å². The van der Waals surface area contributed by atoms with Crippen LogP contribution in [0.4, 0.5) is 0 Å². The number of hydrogen-bond acceptors (Lipinski definition) is 3. The maximum atomic E-state index is 12.0. The van der Waals surface area contributed by atoms with Crippen LogP contribution in [0.25, 0.3) is 10.9 Å². The van der Waals surface area contributed by atoms with Crippen molar-refractivity contribution in [3.63, 3.8) is 0 Å². The molecule has 0 aliphatic carbocycles. The van der Waals surface area contributed by atoms with Crippen LogP contribution in [0.2, 0.25) is 0 Å². The molecular formula is C26H39NO3. The van der Waals surface area contributed by atoms with Gasteiger partial charge in [0.25, 0.3) is 0 Å². The standard InChI is InChI=1S/C26H39NO3/c1-2-3-4-5-6-7-8-9-10-11-12-13-14-19-26(29)30-22-27-20-23(21-28)24-17-15-16-18-25(24)27/h15-18,20-21H,2-14,19,22H2,1H3. The summed E-state index contributed by atoms with van der Waals surface area (Å²) < 4.78 is 7.23. The van der Waals surface area contributed by atoms with E-state index in [1.807, 2.05) is 28.8 Å². The second kappa shape index (κ2) is 14.8. The van der Waals surface area contributed by atoms with Crippen molar-refractivity contribution in [3.05, 3.63) is 36.0 Å². The molecule has 0 bridgehead atoms. The van der Waals surface area contributed by atoms with E-state index in [0.717, 1.165) is 30.0 Å². The number of aromatic nitrogens is 1. The number of carbonyl (C=O) groups is 2. The predicted octanol–water partition coefficient (Wildman–Crippen LogP) is 7.44. The van der Waals surface area contributed by atoms with Crippen LogP contribution in [0.15, 0.2) is 30.5 Å². The smallest absolute Gasteiger partial charge is 0.307 e. The first-order valence-corrected chi connectivity index (χ1v) is 11.9. The summed E-state index contributed by atoms with van der Waals surface area (Å²) in [5.41, 5.74) is 1.53. The van der Waals surface area contributed by atoms with Crippen LogP contribution in [0.3, 0.4) is 0 Å². The van der Waals surface area contributed by atoms with Crippen LogP contribution in [0.5, 0.6) is 0 Å². The van der Waals surface area contributed by atoms with Gasteiger partial charge in [0, 0.05) is 23.6 Å². The molecule has 1 aromatic heterocycles. The number of rotatable bonds is 17. The Morgan fingerprint density at radius 2 is 1.43 bits per heavy atom. The fourth-order valence-electron chi connectivity index (χ4n) is 3.98. The third-order valence-corrected chi connectivity index (χ3v) is 5.80. The first-order chi connectivity index (χ1) is 14.8. The SMILES string of the molecule is CCCCCCCCCCCCCCCC(=O)OCn1cc(C=O)c2ccccc21. The van der Waals surface area contributed by atoms with Crippen LogP contribution >= 0.6 is 0 Å². The quantitative estimate of drug-likeness (QED) is 0.154. The Labute approximate surface area is 182 Å². The molecule has 1 aromatic carbocycles. The number of fused-ring (bicyclic) bond motifs is 1. The molecule has 0 saturated heterocycles. The average Bonchev–Trinajstić information content (AvgIpc) is 3.13. The molecule has 0 N–H and O–H groups in total. The average molecular weight is 414 g/mol. The highest BCUT2D eigenvalue weighted by atomic mass is 16.5. The third kappa shape index (κ3) is 8.73. The van der Waals surface area contributed by atoms with E-state index in [4.69, 9.17) is 4.74 Å². The number of unbranched alkanes of at least 4 members (excludes halogenated alkanes) is 12. The van der Waals surface area contributed by atoms with Crippen molar-refractivity contribution >= 4 is 23.2 Å². The van der Waals surface area contributed by atoms with Crippen molar-refractivity contribution in [1.29, 1.82) is 0 Å². The van der Waals surface area contributed by atoms with Gasteiger partial charge in [-0.25, -0.2) is 0 Å². The first-order valence-electron chi connectivity index (χ1n) is 11.9. The minimum absolute atomic E-state index is 0.158. The Morgan fingerprint density at radius 1 is 0.867 bits per heavy atom. The van der Waals surface area contributed by atoms with E-state index in [2.05, 4.69) is 6.92 Å². The molecule has 30 heavy (non-hydrogen) atoms. The topological polar surface area (TPSA) is 48.3 Å². The molecule has 166 valence electrons. The number of ether oxygens (including phenoxy) is 1. The molecule has 0 radical (unpaired) electrons. The highest BCUT2D eigenvalue weighted by Gasteiger charge is 2.09. The van der Waals surface area contributed by atoms with Gasteiger partial charge in [-0.05, 0) is 12.5 Å². The number of benzene rings is 1. The summed E-state index contributed by atoms with van der Waals surface area (Å²) in [7, 11) is 0. The van der Waals surface area contributed by atoms with Gasteiger partial charge in [-0.15, -0.1) is 0 Å². The summed E-state index contributed by atoms with van der Waals surface area (Å²) in [6.45, 7) is 2.42. The number of para-hydroxylation sites is 1. The molecule has 2 aromatic rings. The first kappa shape index (κ1) is 24.2. The van der Waals surface area contributed by atoms with E-state index >= 15 is 0 Å². The summed E-state index contributed by atoms with van der Waals surface area (Å²) in [6.07, 6.45) is 19.9. The minimum atomic E-state index is -0.163. The lowest BCUT2D eigenvalue weighted by Crippen LogP contribution is -2.08. The zero-order valence-corrected chi connectivity index (χ0v) is 18.7. The molecule has 0 amide bonds. The van der Waals surface area contributed by atoms with Crippen LogP contribution < -0.4 is 0 Å². The monoisotopic (exact) mass is 413 g/mol. The van der Waals surface area contributed by atoms with Crippen molar-refractivity contribution in [2.45, 2.75) is 104 Å². The highest BCUT2D eigenvalue weighted by Crippen LogP contribution is 2.20. The molecule has 0 unspecified atom stereocenters. The van der Waals surface area contributed by atoms with Crippen LogP contribution in [-0.4, -0.2) is 16.8 Å². The van der Waals surface area contributed by atoms with Crippen molar-refractivity contribution in [2.75, 3.05) is 0 Å². The van der Waals surface area contributed by atoms with Gasteiger partial charge in [-0.3, -0.25) is 9.59 Å². The minimum Gasteiger partial charge on any atom is -0.444 e. The molecule has 0 atom stereocenters. The summed E-state index contributed by atoms with van der Waals surface area (Å²) in [5, 5.41) is 0.889. The molecule has 0 spiro atoms. The Morgan fingerprint density at radius 3 is 2.03 bits per heavy atom. The molecule has 4 heteroatoms. The Balaban J connectivity index is 1.48. The van der Waals surface area contributed by atoms with E-state index in [-0.39, 0.29) is 12.7 Å². The fourth-order valence-corrected chi connectivity index (χ4v) is 3.98. The van der Waals surface area contributed by atoms with Crippen LogP contribution in [-0.2, 0) is 16.3 Å². The Hall–Kier alpha value is -2.10. The van der Waals surface area contributed by atoms with Crippen LogP contribution in [0.1, 0.15) is 107 Å². The van der Waals surface area contributed by atoms with Gasteiger partial charge in [0.2, 0.25) is 0 Å². The van der Waals surface area contributed by atoms with E-state index in [0.29, 0.717) is 12.0 Å². The van der Waals surface area contributed by atoms with Crippen LogP contribution in [0, 0.1) is 0 Å². The molecule has 0 saturated carbocycles. The molecular weight excluding hydrogens is 374 g/mol.